The van der Waals surface area contributed by atoms with E-state index in [2.05, 4.69) is 30.3 Å². The van der Waals surface area contributed by atoms with Crippen molar-refractivity contribution in [2.75, 3.05) is 0 Å². The zero-order chi connectivity index (χ0) is 25.2. The van der Waals surface area contributed by atoms with Crippen LogP contribution in [0.2, 0.25) is 0 Å². The molecule has 5 heteroatoms. The number of para-hydroxylation sites is 1. The number of hydrogen-bond donors (Lipinski definition) is 0. The zero-order valence-corrected chi connectivity index (χ0v) is 20.8. The molecule has 0 N–H and O–H groups in total. The Hall–Kier alpha value is -4.35. The van der Waals surface area contributed by atoms with E-state index in [4.69, 9.17) is 4.74 Å². The fourth-order valence-corrected chi connectivity index (χ4v) is 5.35. The second-order valence-electron chi connectivity index (χ2n) is 8.96. The molecule has 2 amide bonds. The second-order valence-corrected chi connectivity index (χ2v) is 9.95. The summed E-state index contributed by atoms with van der Waals surface area (Å²) >= 11 is 0.967. The van der Waals surface area contributed by atoms with Crippen LogP contribution < -0.4 is 4.74 Å². The minimum atomic E-state index is -0.285. The topological polar surface area (TPSA) is 46.6 Å². The van der Waals surface area contributed by atoms with E-state index in [1.807, 2.05) is 78.9 Å². The molecule has 1 fully saturated rings. The van der Waals surface area contributed by atoms with E-state index in [0.29, 0.717) is 17.3 Å². The molecule has 1 aliphatic rings. The summed E-state index contributed by atoms with van der Waals surface area (Å²) in [6.45, 7) is 0.645. The number of carbonyl (C=O) groups excluding carboxylic acids is 2. The molecule has 37 heavy (non-hydrogen) atoms. The van der Waals surface area contributed by atoms with Gasteiger partial charge in [0.25, 0.3) is 11.1 Å². The zero-order valence-electron chi connectivity index (χ0n) is 20.0. The highest BCUT2D eigenvalue weighted by Crippen LogP contribution is 2.35. The quantitative estimate of drug-likeness (QED) is 0.223. The van der Waals surface area contributed by atoms with Gasteiger partial charge in [-0.05, 0) is 68.7 Å². The van der Waals surface area contributed by atoms with Gasteiger partial charge in [-0.2, -0.15) is 0 Å². The highest BCUT2D eigenvalue weighted by atomic mass is 32.2. The molecule has 5 aromatic carbocycles. The van der Waals surface area contributed by atoms with E-state index in [1.165, 1.54) is 10.3 Å². The number of fused-ring (bicyclic) bond motifs is 2. The third kappa shape index (κ3) is 4.86. The van der Waals surface area contributed by atoms with Gasteiger partial charge in [0.15, 0.2) is 0 Å². The van der Waals surface area contributed by atoms with Crippen molar-refractivity contribution in [1.82, 2.24) is 4.90 Å². The first-order chi connectivity index (χ1) is 18.1. The summed E-state index contributed by atoms with van der Waals surface area (Å²) in [5, 5.41) is 4.29. The molecule has 1 aliphatic heterocycles. The van der Waals surface area contributed by atoms with Crippen LogP contribution in [0.15, 0.2) is 114 Å². The summed E-state index contributed by atoms with van der Waals surface area (Å²) in [4.78, 5) is 27.6. The van der Waals surface area contributed by atoms with Gasteiger partial charge in [-0.25, -0.2) is 0 Å². The minimum Gasteiger partial charge on any atom is -0.488 e. The molecular weight excluding hydrogens is 478 g/mol. The first-order valence-corrected chi connectivity index (χ1v) is 12.9. The lowest BCUT2D eigenvalue weighted by Crippen LogP contribution is -2.27. The molecule has 0 saturated carbocycles. The summed E-state index contributed by atoms with van der Waals surface area (Å²) in [6, 6.07) is 36.1. The van der Waals surface area contributed by atoms with Gasteiger partial charge in [0, 0.05) is 5.56 Å². The van der Waals surface area contributed by atoms with E-state index in [-0.39, 0.29) is 17.7 Å². The number of benzene rings is 5. The van der Waals surface area contributed by atoms with Crippen molar-refractivity contribution in [3.63, 3.8) is 0 Å². The summed E-state index contributed by atoms with van der Waals surface area (Å²) in [5.41, 5.74) is 2.74. The van der Waals surface area contributed by atoms with Gasteiger partial charge in [0.2, 0.25) is 0 Å². The van der Waals surface area contributed by atoms with E-state index >= 15 is 0 Å². The summed E-state index contributed by atoms with van der Waals surface area (Å²) in [6.07, 6.45) is 1.75. The van der Waals surface area contributed by atoms with Crippen LogP contribution in [-0.4, -0.2) is 16.0 Å². The van der Waals surface area contributed by atoms with Gasteiger partial charge in [-0.3, -0.25) is 14.5 Å². The van der Waals surface area contributed by atoms with E-state index in [9.17, 15) is 9.59 Å². The van der Waals surface area contributed by atoms with Crippen LogP contribution in [-0.2, 0) is 17.9 Å². The Morgan fingerprint density at radius 1 is 0.676 bits per heavy atom. The van der Waals surface area contributed by atoms with Crippen molar-refractivity contribution in [2.24, 2.45) is 0 Å². The first-order valence-electron chi connectivity index (χ1n) is 12.1. The molecule has 0 unspecified atom stereocenters. The maximum atomic E-state index is 13.2. The van der Waals surface area contributed by atoms with Crippen LogP contribution in [0.4, 0.5) is 4.79 Å². The molecule has 0 aliphatic carbocycles. The molecule has 5 aromatic rings. The fourth-order valence-electron chi connectivity index (χ4n) is 4.52. The van der Waals surface area contributed by atoms with Crippen LogP contribution in [0.3, 0.4) is 0 Å². The van der Waals surface area contributed by atoms with Crippen molar-refractivity contribution in [2.45, 2.75) is 13.2 Å². The van der Waals surface area contributed by atoms with Gasteiger partial charge >= 0.3 is 0 Å². The number of rotatable bonds is 6. The number of hydrogen-bond acceptors (Lipinski definition) is 4. The predicted molar refractivity (Wildman–Crippen MR) is 150 cm³/mol. The maximum Gasteiger partial charge on any atom is 0.293 e. The lowest BCUT2D eigenvalue weighted by Gasteiger charge is -2.13. The molecule has 1 saturated heterocycles. The Balaban J connectivity index is 1.20. The Labute approximate surface area is 219 Å². The fraction of sp³-hybridized carbons (Fsp3) is 0.0625. The molecule has 1 heterocycles. The van der Waals surface area contributed by atoms with Gasteiger partial charge in [-0.1, -0.05) is 91.0 Å². The third-order valence-electron chi connectivity index (χ3n) is 6.44. The number of amides is 2. The molecule has 180 valence electrons. The van der Waals surface area contributed by atoms with Gasteiger partial charge in [-0.15, -0.1) is 0 Å². The van der Waals surface area contributed by atoms with Crippen molar-refractivity contribution in [3.05, 3.63) is 131 Å². The highest BCUT2D eigenvalue weighted by Gasteiger charge is 2.35. The van der Waals surface area contributed by atoms with E-state index in [0.717, 1.165) is 44.6 Å². The smallest absolute Gasteiger partial charge is 0.293 e. The standard InChI is InChI=1S/C32H23NO3S/c34-31-30(37-32(35)33(31)20-22-13-15-24-7-1-3-9-26(24)17-22)19-28-11-5-6-12-29(28)36-21-23-14-16-25-8-2-4-10-27(25)18-23/h1-19H,20-21H2/b30-19-. The average Bonchev–Trinajstić information content (AvgIpc) is 3.19. The monoisotopic (exact) mass is 501 g/mol. The highest BCUT2D eigenvalue weighted by molar-refractivity contribution is 8.18. The number of ether oxygens (including phenoxy) is 1. The van der Waals surface area contributed by atoms with Crippen molar-refractivity contribution in [1.29, 1.82) is 0 Å². The predicted octanol–water partition coefficient (Wildman–Crippen LogP) is 7.81. The molecule has 0 spiro atoms. The second kappa shape index (κ2) is 9.96. The minimum absolute atomic E-state index is 0.243. The van der Waals surface area contributed by atoms with Crippen LogP contribution in [0.1, 0.15) is 16.7 Å². The number of carbonyl (C=O) groups is 2. The summed E-state index contributed by atoms with van der Waals surface area (Å²) in [7, 11) is 0. The van der Waals surface area contributed by atoms with Crippen molar-refractivity contribution >= 4 is 50.5 Å². The van der Waals surface area contributed by atoms with Crippen molar-refractivity contribution < 1.29 is 14.3 Å². The number of thioether (sulfide) groups is 1. The molecule has 4 nitrogen and oxygen atoms in total. The molecule has 0 aromatic heterocycles. The summed E-state index contributed by atoms with van der Waals surface area (Å²) < 4.78 is 6.14. The largest absolute Gasteiger partial charge is 0.488 e. The molecule has 0 radical (unpaired) electrons. The van der Waals surface area contributed by atoms with Gasteiger partial charge in [0.05, 0.1) is 11.4 Å². The SMILES string of the molecule is O=C1S/C(=C\c2ccccc2OCc2ccc3ccccc3c2)C(=O)N1Cc1ccc2ccccc2c1. The lowest BCUT2D eigenvalue weighted by molar-refractivity contribution is -0.123. The Morgan fingerprint density at radius 2 is 1.27 bits per heavy atom. The molecule has 6 rings (SSSR count). The van der Waals surface area contributed by atoms with Gasteiger partial charge in [0.1, 0.15) is 12.4 Å². The van der Waals surface area contributed by atoms with E-state index < -0.39 is 0 Å². The molecule has 0 atom stereocenters. The Morgan fingerprint density at radius 3 is 2.00 bits per heavy atom. The average molecular weight is 502 g/mol. The lowest BCUT2D eigenvalue weighted by atomic mass is 10.1. The van der Waals surface area contributed by atoms with Crippen LogP contribution >= 0.6 is 11.8 Å². The Bertz CT molecular complexity index is 1690. The van der Waals surface area contributed by atoms with Crippen LogP contribution in [0.25, 0.3) is 27.6 Å². The van der Waals surface area contributed by atoms with Crippen LogP contribution in [0.5, 0.6) is 5.75 Å². The Kier molecular flexibility index (Phi) is 6.21. The number of nitrogens with zero attached hydrogens (tertiary/aromatic N) is 1. The van der Waals surface area contributed by atoms with Gasteiger partial charge < -0.3 is 4.74 Å². The number of imide groups is 1. The molecular formula is C32H23NO3S. The normalized spacial score (nSPS) is 14.7. The summed E-state index contributed by atoms with van der Waals surface area (Å²) in [5.74, 6) is 0.379. The third-order valence-corrected chi connectivity index (χ3v) is 7.35. The van der Waals surface area contributed by atoms with Crippen molar-refractivity contribution in [3.8, 4) is 5.75 Å². The van der Waals surface area contributed by atoms with E-state index in [1.54, 1.807) is 6.08 Å². The van der Waals surface area contributed by atoms with Crippen LogP contribution in [0, 0.1) is 0 Å². The first kappa shape index (κ1) is 23.1. The maximum absolute atomic E-state index is 13.2. The molecule has 0 bridgehead atoms.